The summed E-state index contributed by atoms with van der Waals surface area (Å²) in [5.74, 6) is -2.99. The molecule has 0 unspecified atom stereocenters. The molecule has 6 rings (SSSR count). The number of rotatable bonds is 25. The molecule has 4 atom stereocenters. The summed E-state index contributed by atoms with van der Waals surface area (Å²) >= 11 is 7.68. The van der Waals surface area contributed by atoms with Crippen molar-refractivity contribution < 1.29 is 33.8 Å². The van der Waals surface area contributed by atoms with E-state index in [4.69, 9.17) is 16.3 Å². The van der Waals surface area contributed by atoms with Crippen molar-refractivity contribution in [1.29, 1.82) is 0 Å². The molecule has 0 aliphatic carbocycles. The molecule has 0 radical (unpaired) electrons. The Balaban J connectivity index is 1.41. The van der Waals surface area contributed by atoms with Crippen molar-refractivity contribution >= 4 is 53.0 Å². The average Bonchev–Trinajstić information content (AvgIpc) is 3.37. The molecule has 0 saturated carbocycles. The molecular weight excluding hydrogens is 944 g/mol. The van der Waals surface area contributed by atoms with Gasteiger partial charge in [0, 0.05) is 36.5 Å². The predicted molar refractivity (Wildman–Crippen MR) is 287 cm³/mol. The molecule has 376 valence electrons. The normalized spacial score (nSPS) is 13.1. The SMILES string of the molecule is CCCCCC(=O)N[C@@H](Cc1ccc(Cl)cc1)C(=O)N[C@H](CSC(c1ccccc1)(c1ccccc1)c1ccccc1)C(=O)N[C@@H](Cc1ccc(OC(C)(C)C)cc1)C(=O)N[C@H](Cc1ccccc1)C(=O)O. The van der Waals surface area contributed by atoms with E-state index >= 15 is 4.79 Å². The summed E-state index contributed by atoms with van der Waals surface area (Å²) in [6, 6.07) is 47.8. The molecule has 0 heterocycles. The summed E-state index contributed by atoms with van der Waals surface area (Å²) in [5, 5.41) is 22.5. The molecule has 0 aliphatic rings. The lowest BCUT2D eigenvalue weighted by Gasteiger charge is -2.37. The lowest BCUT2D eigenvalue weighted by molar-refractivity contribution is -0.142. The Labute approximate surface area is 432 Å². The highest BCUT2D eigenvalue weighted by molar-refractivity contribution is 8.00. The van der Waals surface area contributed by atoms with Crippen molar-refractivity contribution in [2.75, 3.05) is 5.75 Å². The van der Waals surface area contributed by atoms with Gasteiger partial charge in [-0.25, -0.2) is 4.79 Å². The molecule has 0 aromatic heterocycles. The Morgan fingerprint density at radius 2 is 0.931 bits per heavy atom. The van der Waals surface area contributed by atoms with Crippen LogP contribution in [0.25, 0.3) is 0 Å². The number of ether oxygens (including phenoxy) is 1. The summed E-state index contributed by atoms with van der Waals surface area (Å²) in [4.78, 5) is 70.9. The molecule has 0 bridgehead atoms. The maximum Gasteiger partial charge on any atom is 0.326 e. The molecule has 11 nitrogen and oxygen atoms in total. The van der Waals surface area contributed by atoms with Crippen molar-refractivity contribution in [3.63, 3.8) is 0 Å². The van der Waals surface area contributed by atoms with E-state index in [0.29, 0.717) is 28.3 Å². The predicted octanol–water partition coefficient (Wildman–Crippen LogP) is 9.87. The number of unbranched alkanes of at least 4 members (excludes halogenated alkanes) is 2. The molecule has 6 aromatic carbocycles. The molecule has 72 heavy (non-hydrogen) atoms. The van der Waals surface area contributed by atoms with E-state index in [1.807, 2.05) is 125 Å². The van der Waals surface area contributed by atoms with Gasteiger partial charge in [0.25, 0.3) is 0 Å². The monoisotopic (exact) mass is 1010 g/mol. The van der Waals surface area contributed by atoms with Crippen LogP contribution in [0.2, 0.25) is 5.02 Å². The second kappa shape index (κ2) is 26.5. The first kappa shape index (κ1) is 54.4. The quantitative estimate of drug-likeness (QED) is 0.0280. The van der Waals surface area contributed by atoms with E-state index in [9.17, 15) is 24.3 Å². The van der Waals surface area contributed by atoms with Gasteiger partial charge in [-0.1, -0.05) is 177 Å². The zero-order chi connectivity index (χ0) is 51.5. The number of carboxylic acids is 1. The molecule has 0 aliphatic heterocycles. The number of hydrogen-bond acceptors (Lipinski definition) is 7. The Kier molecular flexibility index (Phi) is 20.1. The van der Waals surface area contributed by atoms with Gasteiger partial charge in [0.05, 0.1) is 4.75 Å². The fourth-order valence-electron chi connectivity index (χ4n) is 8.39. The molecule has 0 spiro atoms. The average molecular weight is 1010 g/mol. The van der Waals surface area contributed by atoms with Crippen LogP contribution < -0.4 is 26.0 Å². The van der Waals surface area contributed by atoms with E-state index in [0.717, 1.165) is 35.1 Å². The van der Waals surface area contributed by atoms with Crippen LogP contribution in [0, 0.1) is 0 Å². The van der Waals surface area contributed by atoms with Gasteiger partial charge in [0.15, 0.2) is 0 Å². The van der Waals surface area contributed by atoms with Crippen LogP contribution in [0.5, 0.6) is 5.75 Å². The fourth-order valence-corrected chi connectivity index (χ4v) is 10.1. The van der Waals surface area contributed by atoms with E-state index in [1.54, 1.807) is 72.8 Å². The number of amides is 4. The van der Waals surface area contributed by atoms with Gasteiger partial charge in [0.1, 0.15) is 35.5 Å². The second-order valence-corrected chi connectivity index (χ2v) is 20.4. The number of carbonyl (C=O) groups is 5. The lowest BCUT2D eigenvalue weighted by atomic mass is 9.84. The molecular formula is C59H65ClN4O7S. The van der Waals surface area contributed by atoms with Crippen molar-refractivity contribution in [2.24, 2.45) is 0 Å². The zero-order valence-corrected chi connectivity index (χ0v) is 42.9. The van der Waals surface area contributed by atoms with Crippen LogP contribution in [0.3, 0.4) is 0 Å². The largest absolute Gasteiger partial charge is 0.488 e. The minimum atomic E-state index is -1.33. The number of aliphatic carboxylic acids is 1. The van der Waals surface area contributed by atoms with Crippen molar-refractivity contribution in [3.05, 3.63) is 208 Å². The second-order valence-electron chi connectivity index (χ2n) is 18.8. The molecule has 6 aromatic rings. The van der Waals surface area contributed by atoms with Crippen LogP contribution in [-0.4, -0.2) is 70.2 Å². The highest BCUT2D eigenvalue weighted by Gasteiger charge is 2.40. The van der Waals surface area contributed by atoms with Crippen LogP contribution in [0.15, 0.2) is 170 Å². The van der Waals surface area contributed by atoms with Crippen LogP contribution in [0.1, 0.15) is 86.8 Å². The van der Waals surface area contributed by atoms with Gasteiger partial charge in [-0.3, -0.25) is 19.2 Å². The Morgan fingerprint density at radius 1 is 0.528 bits per heavy atom. The third-order valence-corrected chi connectivity index (χ3v) is 13.9. The maximum atomic E-state index is 15.3. The first-order chi connectivity index (χ1) is 34.6. The fraction of sp³-hybridized carbons (Fsp3) is 0.305. The lowest BCUT2D eigenvalue weighted by Crippen LogP contribution is -2.59. The zero-order valence-electron chi connectivity index (χ0n) is 41.3. The maximum absolute atomic E-state index is 15.3. The number of nitrogens with one attached hydrogen (secondary N) is 4. The number of halogens is 1. The smallest absolute Gasteiger partial charge is 0.326 e. The molecule has 13 heteroatoms. The molecule has 5 N–H and O–H groups in total. The van der Waals surface area contributed by atoms with Gasteiger partial charge in [-0.15, -0.1) is 11.8 Å². The summed E-state index contributed by atoms with van der Waals surface area (Å²) in [7, 11) is 0. The standard InChI is InChI=1S/C59H65ClN4O7S/c1-5-6-11-28-53(65)61-49(37-42-29-33-47(60)34-30-42)54(66)64-52(40-72-59(44-22-14-8-15-23-44,45-24-16-9-17-25-45)46-26-18-10-19-27-46)56(68)62-50(38-43-31-35-48(36-32-43)71-58(2,3)4)55(67)63-51(57(69)70)39-41-20-12-7-13-21-41/h7-10,12-27,29-36,49-52H,5-6,11,28,37-40H2,1-4H3,(H,61,65)(H,62,68)(H,63,67)(H,64,66)(H,69,70)/t49-,50-,51+,52+/m0/s1. The number of benzene rings is 6. The Morgan fingerprint density at radius 3 is 1.40 bits per heavy atom. The van der Waals surface area contributed by atoms with Gasteiger partial charge in [0.2, 0.25) is 23.6 Å². The van der Waals surface area contributed by atoms with Gasteiger partial charge < -0.3 is 31.1 Å². The summed E-state index contributed by atoms with van der Waals surface area (Å²) in [6.07, 6.45) is 2.67. The summed E-state index contributed by atoms with van der Waals surface area (Å²) in [5.41, 5.74) is 4.40. The minimum absolute atomic E-state index is 0.00352. The van der Waals surface area contributed by atoms with Gasteiger partial charge in [-0.2, -0.15) is 0 Å². The van der Waals surface area contributed by atoms with Gasteiger partial charge in [-0.05, 0) is 84.8 Å². The topological polar surface area (TPSA) is 163 Å². The first-order valence-corrected chi connectivity index (χ1v) is 25.8. The highest BCUT2D eigenvalue weighted by Crippen LogP contribution is 2.48. The summed E-state index contributed by atoms with van der Waals surface area (Å²) in [6.45, 7) is 7.85. The highest BCUT2D eigenvalue weighted by atomic mass is 35.5. The van der Waals surface area contributed by atoms with E-state index in [2.05, 4.69) is 21.3 Å². The number of hydrogen-bond donors (Lipinski definition) is 5. The first-order valence-electron chi connectivity index (χ1n) is 24.4. The Bertz CT molecular complexity index is 2570. The molecule has 0 saturated heterocycles. The van der Waals surface area contributed by atoms with Crippen LogP contribution >= 0.6 is 23.4 Å². The number of thioether (sulfide) groups is 1. The van der Waals surface area contributed by atoms with E-state index in [-0.39, 0.29) is 37.3 Å². The van der Waals surface area contributed by atoms with Crippen LogP contribution in [-0.2, 0) is 48.0 Å². The van der Waals surface area contributed by atoms with Crippen LogP contribution in [0.4, 0.5) is 0 Å². The van der Waals surface area contributed by atoms with Gasteiger partial charge >= 0.3 is 5.97 Å². The summed E-state index contributed by atoms with van der Waals surface area (Å²) < 4.78 is 5.14. The minimum Gasteiger partial charge on any atom is -0.488 e. The third kappa shape index (κ3) is 16.1. The molecule has 0 fully saturated rings. The number of carboxylic acid groups (broad SMARTS) is 1. The number of carbonyl (C=O) groups excluding carboxylic acids is 4. The van der Waals surface area contributed by atoms with Crippen molar-refractivity contribution in [2.45, 2.75) is 107 Å². The molecule has 4 amide bonds. The van der Waals surface area contributed by atoms with Crippen molar-refractivity contribution in [3.8, 4) is 5.75 Å². The third-order valence-electron chi connectivity index (χ3n) is 12.0. The van der Waals surface area contributed by atoms with E-state index < -0.39 is 58.2 Å². The van der Waals surface area contributed by atoms with Crippen molar-refractivity contribution in [1.82, 2.24) is 21.3 Å². The van der Waals surface area contributed by atoms with E-state index in [1.165, 1.54) is 11.8 Å². The Hall–Kier alpha value is -6.89.